The lowest BCUT2D eigenvalue weighted by Crippen LogP contribution is -2.35. The number of anilines is 1. The van der Waals surface area contributed by atoms with Crippen LogP contribution in [-0.2, 0) is 4.79 Å². The highest BCUT2D eigenvalue weighted by Crippen LogP contribution is 2.28. The summed E-state index contributed by atoms with van der Waals surface area (Å²) in [6.07, 6.45) is 0.740. The number of halogens is 1. The molecule has 0 radical (unpaired) electrons. The first-order chi connectivity index (χ1) is 14.6. The average Bonchev–Trinajstić information content (AvgIpc) is 3.27. The average molecular weight is 406 g/mol. The molecule has 3 aromatic rings. The molecule has 2 N–H and O–H groups in total. The molecule has 0 saturated carbocycles. The van der Waals surface area contributed by atoms with Gasteiger partial charge in [-0.2, -0.15) is 0 Å². The van der Waals surface area contributed by atoms with E-state index in [1.54, 1.807) is 43.5 Å². The first kappa shape index (κ1) is 19.9. The van der Waals surface area contributed by atoms with Gasteiger partial charge in [-0.1, -0.05) is 12.1 Å². The lowest BCUT2D eigenvalue weighted by molar-refractivity contribution is -0.117. The van der Waals surface area contributed by atoms with Crippen molar-refractivity contribution in [2.75, 3.05) is 19.0 Å². The molecule has 0 spiro atoms. The number of benzene rings is 3. The highest BCUT2D eigenvalue weighted by atomic mass is 19.1. The molecule has 5 nitrogen and oxygen atoms in total. The molecule has 3 aromatic carbocycles. The summed E-state index contributed by atoms with van der Waals surface area (Å²) in [4.78, 5) is 12.6. The molecular weight excluding hydrogens is 383 g/mol. The van der Waals surface area contributed by atoms with Gasteiger partial charge in [-0.05, 0) is 78.6 Å². The minimum atomic E-state index is -0.310. The zero-order valence-corrected chi connectivity index (χ0v) is 16.6. The van der Waals surface area contributed by atoms with Gasteiger partial charge in [0, 0.05) is 12.2 Å². The predicted octanol–water partition coefficient (Wildman–Crippen LogP) is 4.71. The van der Waals surface area contributed by atoms with Crippen molar-refractivity contribution in [3.05, 3.63) is 84.2 Å². The maximum Gasteiger partial charge on any atom is 0.241 e. The zero-order chi connectivity index (χ0) is 20.9. The number of hydrogen-bond acceptors (Lipinski definition) is 4. The molecule has 1 aliphatic heterocycles. The summed E-state index contributed by atoms with van der Waals surface area (Å²) in [5, 5.41) is 6.25. The molecule has 1 aliphatic rings. The highest BCUT2D eigenvalue weighted by molar-refractivity contribution is 5.95. The third-order valence-corrected chi connectivity index (χ3v) is 5.21. The van der Waals surface area contributed by atoms with Crippen LogP contribution in [0.15, 0.2) is 72.8 Å². The standard InChI is InChI=1S/C24H23FN2O3/c1-29-20-8-2-16(3-9-20)17-14-23(26-15-17)24(28)27-19-6-12-22(13-7-19)30-21-10-4-18(25)5-11-21/h2-13,17,23,26H,14-15H2,1H3,(H,27,28). The van der Waals surface area contributed by atoms with Crippen LogP contribution in [-0.4, -0.2) is 25.6 Å². The van der Waals surface area contributed by atoms with E-state index < -0.39 is 0 Å². The van der Waals surface area contributed by atoms with E-state index in [1.807, 2.05) is 24.3 Å². The number of amides is 1. The number of carbonyl (C=O) groups is 1. The van der Waals surface area contributed by atoms with Gasteiger partial charge < -0.3 is 20.1 Å². The molecule has 6 heteroatoms. The topological polar surface area (TPSA) is 59.6 Å². The Morgan fingerprint density at radius 3 is 2.17 bits per heavy atom. The van der Waals surface area contributed by atoms with Crippen LogP contribution < -0.4 is 20.1 Å². The summed E-state index contributed by atoms with van der Waals surface area (Å²) < 4.78 is 23.8. The SMILES string of the molecule is COc1ccc(C2CNC(C(=O)Nc3ccc(Oc4ccc(F)cc4)cc3)C2)cc1. The van der Waals surface area contributed by atoms with E-state index in [1.165, 1.54) is 17.7 Å². The number of methoxy groups -OCH3 is 1. The monoisotopic (exact) mass is 406 g/mol. The summed E-state index contributed by atoms with van der Waals surface area (Å²) in [5.41, 5.74) is 1.89. The fourth-order valence-corrected chi connectivity index (χ4v) is 3.54. The van der Waals surface area contributed by atoms with E-state index in [9.17, 15) is 9.18 Å². The summed E-state index contributed by atoms with van der Waals surface area (Å²) in [7, 11) is 1.65. The summed E-state index contributed by atoms with van der Waals surface area (Å²) in [6, 6.07) is 20.7. The molecule has 0 aromatic heterocycles. The van der Waals surface area contributed by atoms with Gasteiger partial charge in [0.1, 0.15) is 23.1 Å². The number of rotatable bonds is 6. The molecule has 0 aliphatic carbocycles. The van der Waals surface area contributed by atoms with Gasteiger partial charge in [0.25, 0.3) is 0 Å². The molecule has 0 bridgehead atoms. The van der Waals surface area contributed by atoms with Gasteiger partial charge in [0.2, 0.25) is 5.91 Å². The van der Waals surface area contributed by atoms with Gasteiger partial charge in [-0.3, -0.25) is 4.79 Å². The second-order valence-electron chi connectivity index (χ2n) is 7.24. The first-order valence-corrected chi connectivity index (χ1v) is 9.82. The maximum atomic E-state index is 13.0. The molecule has 2 unspecified atom stereocenters. The summed E-state index contributed by atoms with van der Waals surface area (Å²) >= 11 is 0. The van der Waals surface area contributed by atoms with Crippen LogP contribution in [0.3, 0.4) is 0 Å². The zero-order valence-electron chi connectivity index (χ0n) is 16.6. The number of hydrogen-bond donors (Lipinski definition) is 2. The molecule has 4 rings (SSSR count). The molecule has 1 fully saturated rings. The van der Waals surface area contributed by atoms with Crippen molar-refractivity contribution in [2.45, 2.75) is 18.4 Å². The van der Waals surface area contributed by atoms with E-state index in [0.717, 1.165) is 18.7 Å². The molecule has 1 heterocycles. The minimum absolute atomic E-state index is 0.0572. The Hall–Kier alpha value is -3.38. The van der Waals surface area contributed by atoms with E-state index in [-0.39, 0.29) is 23.7 Å². The quantitative estimate of drug-likeness (QED) is 0.622. The first-order valence-electron chi connectivity index (χ1n) is 9.82. The van der Waals surface area contributed by atoms with Gasteiger partial charge >= 0.3 is 0 Å². The second-order valence-corrected chi connectivity index (χ2v) is 7.24. The summed E-state index contributed by atoms with van der Waals surface area (Å²) in [6.45, 7) is 0.759. The second kappa shape index (κ2) is 8.97. The Labute approximate surface area is 174 Å². The van der Waals surface area contributed by atoms with Crippen molar-refractivity contribution in [3.8, 4) is 17.2 Å². The Bertz CT molecular complexity index is 988. The van der Waals surface area contributed by atoms with Crippen molar-refractivity contribution in [1.82, 2.24) is 5.32 Å². The fraction of sp³-hybridized carbons (Fsp3) is 0.208. The highest BCUT2D eigenvalue weighted by Gasteiger charge is 2.30. The van der Waals surface area contributed by atoms with Crippen LogP contribution in [0.4, 0.5) is 10.1 Å². The van der Waals surface area contributed by atoms with Crippen molar-refractivity contribution < 1.29 is 18.7 Å². The van der Waals surface area contributed by atoms with Gasteiger partial charge in [-0.15, -0.1) is 0 Å². The molecule has 30 heavy (non-hydrogen) atoms. The lowest BCUT2D eigenvalue weighted by atomic mass is 9.96. The Morgan fingerprint density at radius 2 is 1.53 bits per heavy atom. The predicted molar refractivity (Wildman–Crippen MR) is 114 cm³/mol. The molecule has 2 atom stereocenters. The smallest absolute Gasteiger partial charge is 0.241 e. The van der Waals surface area contributed by atoms with Crippen molar-refractivity contribution in [2.24, 2.45) is 0 Å². The van der Waals surface area contributed by atoms with Crippen LogP contribution in [0, 0.1) is 5.82 Å². The number of ether oxygens (including phenoxy) is 2. The van der Waals surface area contributed by atoms with Crippen LogP contribution >= 0.6 is 0 Å². The van der Waals surface area contributed by atoms with Crippen LogP contribution in [0.25, 0.3) is 0 Å². The number of carbonyl (C=O) groups excluding carboxylic acids is 1. The molecule has 1 saturated heterocycles. The van der Waals surface area contributed by atoms with Crippen LogP contribution in [0.5, 0.6) is 17.2 Å². The Balaban J connectivity index is 1.31. The molecule has 1 amide bonds. The fourth-order valence-electron chi connectivity index (χ4n) is 3.54. The Kier molecular flexibility index (Phi) is 5.95. The van der Waals surface area contributed by atoms with Crippen molar-refractivity contribution in [1.29, 1.82) is 0 Å². The van der Waals surface area contributed by atoms with Gasteiger partial charge in [-0.25, -0.2) is 4.39 Å². The van der Waals surface area contributed by atoms with Crippen molar-refractivity contribution in [3.63, 3.8) is 0 Å². The largest absolute Gasteiger partial charge is 0.497 e. The Morgan fingerprint density at radius 1 is 0.933 bits per heavy atom. The van der Waals surface area contributed by atoms with E-state index in [2.05, 4.69) is 10.6 Å². The maximum absolute atomic E-state index is 13.0. The summed E-state index contributed by atoms with van der Waals surface area (Å²) in [5.74, 6) is 1.91. The lowest BCUT2D eigenvalue weighted by Gasteiger charge is -2.13. The normalized spacial score (nSPS) is 18.1. The minimum Gasteiger partial charge on any atom is -0.497 e. The third kappa shape index (κ3) is 4.78. The van der Waals surface area contributed by atoms with Crippen LogP contribution in [0.2, 0.25) is 0 Å². The van der Waals surface area contributed by atoms with E-state index in [4.69, 9.17) is 9.47 Å². The number of nitrogens with one attached hydrogen (secondary N) is 2. The molecule has 154 valence electrons. The van der Waals surface area contributed by atoms with E-state index >= 15 is 0 Å². The van der Waals surface area contributed by atoms with Crippen LogP contribution in [0.1, 0.15) is 17.9 Å². The molecular formula is C24H23FN2O3. The van der Waals surface area contributed by atoms with E-state index in [0.29, 0.717) is 17.2 Å². The van der Waals surface area contributed by atoms with Gasteiger partial charge in [0.05, 0.1) is 13.2 Å². The van der Waals surface area contributed by atoms with Crippen molar-refractivity contribution >= 4 is 11.6 Å². The third-order valence-electron chi connectivity index (χ3n) is 5.21. The van der Waals surface area contributed by atoms with Gasteiger partial charge in [0.15, 0.2) is 0 Å².